The van der Waals surface area contributed by atoms with Crippen molar-refractivity contribution >= 4 is 22.4 Å². The average Bonchev–Trinajstić information content (AvgIpc) is 2.80. The average molecular weight is 425 g/mol. The molecule has 0 atom stereocenters. The van der Waals surface area contributed by atoms with E-state index in [-0.39, 0.29) is 6.10 Å². The van der Waals surface area contributed by atoms with Crippen molar-refractivity contribution in [1.82, 2.24) is 14.9 Å². The molecular formula is C23H28N4O4. The zero-order valence-corrected chi connectivity index (χ0v) is 18.3. The lowest BCUT2D eigenvalue weighted by molar-refractivity contribution is 0.115. The summed E-state index contributed by atoms with van der Waals surface area (Å²) in [6.07, 6.45) is 3.59. The van der Waals surface area contributed by atoms with Gasteiger partial charge in [-0.25, -0.2) is 9.97 Å². The Hall–Kier alpha value is -3.26. The maximum atomic E-state index is 6.46. The molecule has 1 aliphatic heterocycles. The zero-order chi connectivity index (χ0) is 21.8. The Morgan fingerprint density at radius 3 is 2.39 bits per heavy atom. The highest BCUT2D eigenvalue weighted by Gasteiger charge is 2.21. The van der Waals surface area contributed by atoms with Crippen LogP contribution < -0.4 is 24.3 Å². The first-order valence-electron chi connectivity index (χ1n) is 10.3. The van der Waals surface area contributed by atoms with Crippen molar-refractivity contribution < 1.29 is 18.9 Å². The van der Waals surface area contributed by atoms with E-state index >= 15 is 0 Å². The molecule has 0 spiro atoms. The number of methoxy groups -OCH3 is 3. The molecule has 1 fully saturated rings. The monoisotopic (exact) mass is 424 g/mol. The Balaban J connectivity index is 1.76. The summed E-state index contributed by atoms with van der Waals surface area (Å²) in [6, 6.07) is 9.35. The topological polar surface area (TPSA) is 78.0 Å². The fourth-order valence-electron chi connectivity index (χ4n) is 3.76. The smallest absolute Gasteiger partial charge is 0.145 e. The molecule has 31 heavy (non-hydrogen) atoms. The number of piperidine rings is 1. The van der Waals surface area contributed by atoms with E-state index in [0.717, 1.165) is 42.5 Å². The minimum atomic E-state index is 0.130. The summed E-state index contributed by atoms with van der Waals surface area (Å²) >= 11 is 0. The van der Waals surface area contributed by atoms with Crippen LogP contribution in [-0.4, -0.2) is 62.4 Å². The van der Waals surface area contributed by atoms with E-state index in [1.807, 2.05) is 30.3 Å². The lowest BCUT2D eigenvalue weighted by atomic mass is 10.1. The molecular weight excluding hydrogens is 396 g/mol. The predicted octanol–water partition coefficient (Wildman–Crippen LogP) is 3.87. The Morgan fingerprint density at radius 1 is 0.903 bits per heavy atom. The van der Waals surface area contributed by atoms with Gasteiger partial charge in [-0.05, 0) is 32.0 Å². The number of benzene rings is 2. The minimum absolute atomic E-state index is 0.130. The summed E-state index contributed by atoms with van der Waals surface area (Å²) in [5.74, 6) is 3.42. The van der Waals surface area contributed by atoms with Crippen LogP contribution in [0.25, 0.3) is 10.9 Å². The van der Waals surface area contributed by atoms with Gasteiger partial charge < -0.3 is 29.2 Å². The molecule has 1 N–H and O–H groups in total. The van der Waals surface area contributed by atoms with Gasteiger partial charge >= 0.3 is 0 Å². The maximum Gasteiger partial charge on any atom is 0.145 e. The summed E-state index contributed by atoms with van der Waals surface area (Å²) in [4.78, 5) is 11.3. The molecule has 2 aromatic carbocycles. The molecule has 8 heteroatoms. The summed E-state index contributed by atoms with van der Waals surface area (Å²) in [5, 5.41) is 4.18. The molecule has 0 radical (unpaired) electrons. The molecule has 2 heterocycles. The molecule has 0 aliphatic carbocycles. The molecule has 8 nitrogen and oxygen atoms in total. The number of aromatic nitrogens is 2. The highest BCUT2D eigenvalue weighted by atomic mass is 16.5. The van der Waals surface area contributed by atoms with Gasteiger partial charge in [-0.1, -0.05) is 0 Å². The van der Waals surface area contributed by atoms with E-state index in [0.29, 0.717) is 28.8 Å². The Morgan fingerprint density at radius 2 is 1.68 bits per heavy atom. The lowest BCUT2D eigenvalue weighted by Gasteiger charge is -2.29. The van der Waals surface area contributed by atoms with E-state index in [9.17, 15) is 0 Å². The van der Waals surface area contributed by atoms with Crippen LogP contribution in [0.1, 0.15) is 12.8 Å². The maximum absolute atomic E-state index is 6.46. The Labute approximate surface area is 182 Å². The fourth-order valence-corrected chi connectivity index (χ4v) is 3.76. The minimum Gasteiger partial charge on any atom is -0.497 e. The van der Waals surface area contributed by atoms with Crippen molar-refractivity contribution in [2.24, 2.45) is 0 Å². The largest absolute Gasteiger partial charge is 0.497 e. The van der Waals surface area contributed by atoms with E-state index < -0.39 is 0 Å². The third kappa shape index (κ3) is 4.59. The first-order valence-corrected chi connectivity index (χ1v) is 10.3. The van der Waals surface area contributed by atoms with Crippen LogP contribution >= 0.6 is 0 Å². The second-order valence-corrected chi connectivity index (χ2v) is 7.55. The predicted molar refractivity (Wildman–Crippen MR) is 120 cm³/mol. The second kappa shape index (κ2) is 9.26. The van der Waals surface area contributed by atoms with Crippen molar-refractivity contribution in [3.63, 3.8) is 0 Å². The quantitative estimate of drug-likeness (QED) is 0.612. The first-order chi connectivity index (χ1) is 15.1. The molecule has 0 unspecified atom stereocenters. The van der Waals surface area contributed by atoms with Gasteiger partial charge in [0.15, 0.2) is 0 Å². The highest BCUT2D eigenvalue weighted by molar-refractivity contribution is 5.97. The number of anilines is 2. The number of nitrogens with one attached hydrogen (secondary N) is 1. The van der Waals surface area contributed by atoms with E-state index in [4.69, 9.17) is 18.9 Å². The van der Waals surface area contributed by atoms with Crippen LogP contribution in [0.4, 0.5) is 11.5 Å². The molecule has 4 rings (SSSR count). The van der Waals surface area contributed by atoms with Gasteiger partial charge in [0.2, 0.25) is 0 Å². The van der Waals surface area contributed by atoms with Gasteiger partial charge in [-0.15, -0.1) is 0 Å². The van der Waals surface area contributed by atoms with Crippen molar-refractivity contribution in [3.8, 4) is 23.0 Å². The lowest BCUT2D eigenvalue weighted by Crippen LogP contribution is -2.35. The van der Waals surface area contributed by atoms with Crippen LogP contribution in [0.2, 0.25) is 0 Å². The number of ether oxygens (including phenoxy) is 4. The van der Waals surface area contributed by atoms with E-state index in [2.05, 4.69) is 27.2 Å². The van der Waals surface area contributed by atoms with Gasteiger partial charge in [0.1, 0.15) is 41.2 Å². The molecule has 0 amide bonds. The summed E-state index contributed by atoms with van der Waals surface area (Å²) in [6.45, 7) is 2.02. The molecule has 3 aromatic rings. The van der Waals surface area contributed by atoms with Crippen LogP contribution in [0, 0.1) is 0 Å². The molecule has 1 saturated heterocycles. The van der Waals surface area contributed by atoms with Crippen molar-refractivity contribution in [3.05, 3.63) is 36.7 Å². The standard InChI is InChI=1S/C23H28N4O4/c1-27-9-7-15(8-10-27)31-21-13-17(29-3)12-19-22(21)23(25-14-24-19)26-18-11-16(28-2)5-6-20(18)30-4/h5-6,11-15H,7-10H2,1-4H3,(H,24,25,26). The number of hydrogen-bond acceptors (Lipinski definition) is 8. The SMILES string of the molecule is COc1ccc(OC)c(Nc2ncnc3cc(OC)cc(OC4CCN(C)CC4)c23)c1. The van der Waals surface area contributed by atoms with Crippen LogP contribution in [0.5, 0.6) is 23.0 Å². The van der Waals surface area contributed by atoms with Crippen molar-refractivity contribution in [1.29, 1.82) is 0 Å². The van der Waals surface area contributed by atoms with Crippen LogP contribution in [0.15, 0.2) is 36.7 Å². The van der Waals surface area contributed by atoms with Gasteiger partial charge in [0.25, 0.3) is 0 Å². The Kier molecular flexibility index (Phi) is 6.27. The third-order valence-electron chi connectivity index (χ3n) is 5.53. The molecule has 0 bridgehead atoms. The third-order valence-corrected chi connectivity index (χ3v) is 5.53. The fraction of sp³-hybridized carbons (Fsp3) is 0.391. The van der Waals surface area contributed by atoms with Crippen LogP contribution in [-0.2, 0) is 0 Å². The zero-order valence-electron chi connectivity index (χ0n) is 18.3. The first kappa shape index (κ1) is 21.0. The molecule has 164 valence electrons. The van der Waals surface area contributed by atoms with Gasteiger partial charge in [-0.2, -0.15) is 0 Å². The summed E-state index contributed by atoms with van der Waals surface area (Å²) in [5.41, 5.74) is 1.48. The van der Waals surface area contributed by atoms with Gasteiger partial charge in [-0.3, -0.25) is 0 Å². The normalized spacial score (nSPS) is 15.0. The number of hydrogen-bond donors (Lipinski definition) is 1. The number of fused-ring (bicyclic) bond motifs is 1. The van der Waals surface area contributed by atoms with E-state index in [1.165, 1.54) is 6.33 Å². The van der Waals surface area contributed by atoms with Crippen molar-refractivity contribution in [2.45, 2.75) is 18.9 Å². The Bertz CT molecular complexity index is 1050. The number of likely N-dealkylation sites (tertiary alicyclic amines) is 1. The van der Waals surface area contributed by atoms with Gasteiger partial charge in [0.05, 0.1) is 37.9 Å². The second-order valence-electron chi connectivity index (χ2n) is 7.55. The van der Waals surface area contributed by atoms with Crippen molar-refractivity contribution in [2.75, 3.05) is 46.8 Å². The summed E-state index contributed by atoms with van der Waals surface area (Å²) in [7, 11) is 7.03. The van der Waals surface area contributed by atoms with Gasteiger partial charge in [0, 0.05) is 31.3 Å². The number of nitrogens with zero attached hydrogens (tertiary/aromatic N) is 3. The molecule has 1 aliphatic rings. The molecule has 0 saturated carbocycles. The van der Waals surface area contributed by atoms with E-state index in [1.54, 1.807) is 21.3 Å². The van der Waals surface area contributed by atoms with Crippen LogP contribution in [0.3, 0.4) is 0 Å². The molecule has 1 aromatic heterocycles. The highest BCUT2D eigenvalue weighted by Crippen LogP contribution is 2.38. The summed E-state index contributed by atoms with van der Waals surface area (Å²) < 4.78 is 22.8. The number of rotatable bonds is 7.